The van der Waals surface area contributed by atoms with Crippen molar-refractivity contribution in [2.24, 2.45) is 0 Å². The van der Waals surface area contributed by atoms with Crippen molar-refractivity contribution in [2.45, 2.75) is 71.1 Å². The number of rotatable bonds is 8. The summed E-state index contributed by atoms with van der Waals surface area (Å²) in [5, 5.41) is 8.63. The van der Waals surface area contributed by atoms with Crippen LogP contribution in [0.25, 0.3) is 0 Å². The van der Waals surface area contributed by atoms with Crippen molar-refractivity contribution in [2.75, 3.05) is 37.9 Å². The Morgan fingerprint density at radius 1 is 0.667 bits per heavy atom. The van der Waals surface area contributed by atoms with Gasteiger partial charge in [-0.05, 0) is 114 Å². The summed E-state index contributed by atoms with van der Waals surface area (Å²) in [4.78, 5) is 37.7. The van der Waals surface area contributed by atoms with Gasteiger partial charge in [0.2, 0.25) is 0 Å². The average molecular weight is 853 g/mol. The quantitative estimate of drug-likeness (QED) is 0.153. The first-order valence-electron chi connectivity index (χ1n) is 18.7. The van der Waals surface area contributed by atoms with Gasteiger partial charge in [0.25, 0.3) is 11.8 Å². The third kappa shape index (κ3) is 10.1. The van der Waals surface area contributed by atoms with Crippen LogP contribution in [0.3, 0.4) is 0 Å². The van der Waals surface area contributed by atoms with Crippen LogP contribution in [0.5, 0.6) is 11.5 Å². The Bertz CT molecular complexity index is 2250. The number of amides is 3. The topological polar surface area (TPSA) is 109 Å². The van der Waals surface area contributed by atoms with Crippen molar-refractivity contribution in [3.63, 3.8) is 0 Å². The molecule has 9 nitrogen and oxygen atoms in total. The van der Waals surface area contributed by atoms with Crippen molar-refractivity contribution in [3.8, 4) is 11.5 Å². The summed E-state index contributed by atoms with van der Waals surface area (Å²) >= 11 is 0. The molecule has 322 valence electrons. The molecule has 0 radical (unpaired) electrons. The molecule has 4 aromatic rings. The Kier molecular flexibility index (Phi) is 13.8. The molecule has 0 fully saturated rings. The summed E-state index contributed by atoms with van der Waals surface area (Å²) in [7, 11) is 2.25. The van der Waals surface area contributed by atoms with E-state index in [0.717, 1.165) is 67.9 Å². The van der Waals surface area contributed by atoms with Crippen LogP contribution in [-0.4, -0.2) is 56.1 Å². The molecule has 0 atom stereocenters. The number of carbonyl (C=O) groups is 3. The van der Waals surface area contributed by atoms with Crippen LogP contribution >= 0.6 is 0 Å². The van der Waals surface area contributed by atoms with Crippen LogP contribution in [0.15, 0.2) is 60.7 Å². The number of fused-ring (bicyclic) bond motifs is 2. The number of nitrogens with one attached hydrogen (secondary N) is 3. The second kappa shape index (κ2) is 18.2. The minimum Gasteiger partial charge on any atom is -0.496 e. The van der Waals surface area contributed by atoms with Gasteiger partial charge in [-0.2, -0.15) is 39.5 Å². The first-order valence-corrected chi connectivity index (χ1v) is 18.7. The molecule has 0 aliphatic carbocycles. The largest absolute Gasteiger partial charge is 0.496 e. The summed E-state index contributed by atoms with van der Waals surface area (Å²) in [6.07, 6.45) is -12.2. The van der Waals surface area contributed by atoms with Crippen molar-refractivity contribution in [1.29, 1.82) is 0 Å². The Hall–Kier alpha value is -5.78. The molecule has 18 heteroatoms. The SMILES string of the molecule is CCc1c(NC(=O)c2ccc(OC)c(C(F)(F)F)c2)ccc2c1CN(C(=O)C(F)(F)F)CC2.CCc1c(NC(=O)c2ccc(OC)c(C(F)(F)F)c2)ccc2c1CNCC2. The third-order valence-corrected chi connectivity index (χ3v) is 10.2. The highest BCUT2D eigenvalue weighted by Gasteiger charge is 2.43. The van der Waals surface area contributed by atoms with E-state index in [1.807, 2.05) is 19.1 Å². The van der Waals surface area contributed by atoms with Gasteiger partial charge >= 0.3 is 24.4 Å². The van der Waals surface area contributed by atoms with E-state index in [-0.39, 0.29) is 42.1 Å². The monoisotopic (exact) mass is 852 g/mol. The number of carbonyl (C=O) groups excluding carboxylic acids is 3. The number of nitrogens with zero attached hydrogens (tertiary/aromatic N) is 1. The number of halogens is 9. The highest BCUT2D eigenvalue weighted by Crippen LogP contribution is 2.39. The number of ether oxygens (including phenoxy) is 2. The van der Waals surface area contributed by atoms with Crippen LogP contribution in [0.1, 0.15) is 79.1 Å². The lowest BCUT2D eigenvalue weighted by Gasteiger charge is -2.31. The van der Waals surface area contributed by atoms with E-state index in [9.17, 15) is 53.9 Å². The van der Waals surface area contributed by atoms with Gasteiger partial charge in [0, 0.05) is 42.1 Å². The van der Waals surface area contributed by atoms with E-state index in [1.165, 1.54) is 24.8 Å². The fourth-order valence-electron chi connectivity index (χ4n) is 7.26. The molecule has 2 heterocycles. The highest BCUT2D eigenvalue weighted by molar-refractivity contribution is 6.06. The summed E-state index contributed by atoms with van der Waals surface area (Å²) < 4.78 is 127. The van der Waals surface area contributed by atoms with E-state index < -0.39 is 53.1 Å². The van der Waals surface area contributed by atoms with E-state index >= 15 is 0 Å². The van der Waals surface area contributed by atoms with Crippen LogP contribution in [0.2, 0.25) is 0 Å². The van der Waals surface area contributed by atoms with Gasteiger partial charge in [0.05, 0.1) is 25.3 Å². The standard InChI is InChI=1S/C22H20F6N2O3.C20H21F3N2O2/c1-3-14-15-11-30(20(32)22(26,27)28)9-8-12(15)4-6-17(14)29-19(31)13-5-7-18(33-2)16(10-13)21(23,24)25;1-3-14-15-11-24-9-8-12(15)4-6-17(14)25-19(26)13-5-7-18(27-2)16(10-13)20(21,22)23/h4-7,10H,3,8-9,11H2,1-2H3,(H,29,31);4-7,10,24H,3,8-9,11H2,1-2H3,(H,25,26). The molecule has 2 aliphatic rings. The van der Waals surface area contributed by atoms with Crippen LogP contribution < -0.4 is 25.4 Å². The lowest BCUT2D eigenvalue weighted by atomic mass is 9.92. The maximum Gasteiger partial charge on any atom is 0.471 e. The molecule has 0 bridgehead atoms. The van der Waals surface area contributed by atoms with Crippen molar-refractivity contribution in [1.82, 2.24) is 10.2 Å². The van der Waals surface area contributed by atoms with Gasteiger partial charge in [-0.1, -0.05) is 26.0 Å². The molecule has 2 aliphatic heterocycles. The molecule has 6 rings (SSSR count). The predicted octanol–water partition coefficient (Wildman–Crippen LogP) is 9.15. The molecule has 60 heavy (non-hydrogen) atoms. The molecule has 0 aromatic heterocycles. The first kappa shape index (κ1) is 45.3. The fraction of sp³-hybridized carbons (Fsp3) is 0.357. The number of anilines is 2. The predicted molar refractivity (Wildman–Crippen MR) is 204 cm³/mol. The zero-order chi connectivity index (χ0) is 44.2. The molecule has 4 aromatic carbocycles. The van der Waals surface area contributed by atoms with Crippen molar-refractivity contribution >= 4 is 29.1 Å². The van der Waals surface area contributed by atoms with E-state index in [1.54, 1.807) is 19.1 Å². The Labute approximate surface area is 339 Å². The van der Waals surface area contributed by atoms with Gasteiger partial charge < -0.3 is 30.3 Å². The highest BCUT2D eigenvalue weighted by atomic mass is 19.4. The molecule has 0 saturated heterocycles. The third-order valence-electron chi connectivity index (χ3n) is 10.2. The van der Waals surface area contributed by atoms with Gasteiger partial charge in [0.1, 0.15) is 11.5 Å². The molecular formula is C42H41F9N4O5. The van der Waals surface area contributed by atoms with Crippen LogP contribution in [0, 0.1) is 0 Å². The lowest BCUT2D eigenvalue weighted by molar-refractivity contribution is -0.186. The number of alkyl halides is 9. The maximum atomic E-state index is 13.3. The summed E-state index contributed by atoms with van der Waals surface area (Å²) in [5.74, 6) is -4.09. The van der Waals surface area contributed by atoms with Gasteiger partial charge in [-0.3, -0.25) is 14.4 Å². The Balaban J connectivity index is 0.000000232. The van der Waals surface area contributed by atoms with Crippen molar-refractivity contribution < 1.29 is 63.4 Å². The molecule has 3 amide bonds. The second-order valence-corrected chi connectivity index (χ2v) is 13.8. The van der Waals surface area contributed by atoms with Crippen molar-refractivity contribution in [3.05, 3.63) is 116 Å². The smallest absolute Gasteiger partial charge is 0.471 e. The normalized spacial score (nSPS) is 13.9. The summed E-state index contributed by atoms with van der Waals surface area (Å²) in [5.41, 5.74) is 3.65. The maximum absolute atomic E-state index is 13.3. The van der Waals surface area contributed by atoms with Gasteiger partial charge in [-0.15, -0.1) is 0 Å². The number of hydrogen-bond acceptors (Lipinski definition) is 6. The minimum atomic E-state index is -5.00. The van der Waals surface area contributed by atoms with Crippen LogP contribution in [-0.2, 0) is 55.9 Å². The first-order chi connectivity index (χ1) is 28.2. The zero-order valence-electron chi connectivity index (χ0n) is 32.8. The second-order valence-electron chi connectivity index (χ2n) is 13.8. The number of methoxy groups -OCH3 is 2. The number of benzene rings is 4. The lowest BCUT2D eigenvalue weighted by Crippen LogP contribution is -2.44. The van der Waals surface area contributed by atoms with E-state index in [2.05, 4.69) is 16.0 Å². The zero-order valence-corrected chi connectivity index (χ0v) is 32.8. The minimum absolute atomic E-state index is 0.0685. The summed E-state index contributed by atoms with van der Waals surface area (Å²) in [6, 6.07) is 13.2. The molecule has 0 unspecified atom stereocenters. The van der Waals surface area contributed by atoms with E-state index in [4.69, 9.17) is 9.47 Å². The average Bonchev–Trinajstić information content (AvgIpc) is 3.21. The molecule has 0 spiro atoms. The number of hydrogen-bond donors (Lipinski definition) is 3. The molecule has 3 N–H and O–H groups in total. The fourth-order valence-corrected chi connectivity index (χ4v) is 7.26. The Morgan fingerprint density at radius 2 is 1.13 bits per heavy atom. The molecular weight excluding hydrogens is 811 g/mol. The molecule has 0 saturated carbocycles. The van der Waals surface area contributed by atoms with Crippen LogP contribution in [0.4, 0.5) is 50.9 Å². The Morgan fingerprint density at radius 3 is 1.57 bits per heavy atom. The summed E-state index contributed by atoms with van der Waals surface area (Å²) in [6.45, 7) is 4.99. The van der Waals surface area contributed by atoms with E-state index in [0.29, 0.717) is 34.2 Å². The van der Waals surface area contributed by atoms with Gasteiger partial charge in [0.15, 0.2) is 0 Å². The van der Waals surface area contributed by atoms with Gasteiger partial charge in [-0.25, -0.2) is 0 Å².